The predicted octanol–water partition coefficient (Wildman–Crippen LogP) is 4.07. The third-order valence-corrected chi connectivity index (χ3v) is 8.90. The molecule has 2 aromatic carbocycles. The fourth-order valence-corrected chi connectivity index (χ4v) is 6.55. The van der Waals surface area contributed by atoms with E-state index in [1.54, 1.807) is 5.43 Å². The third kappa shape index (κ3) is 6.17. The molecule has 1 unspecified atom stereocenters. The Hall–Kier alpha value is -3.27. The fraction of sp³-hybridized carbons (Fsp3) is 0.484. The van der Waals surface area contributed by atoms with Crippen molar-refractivity contribution in [1.82, 2.24) is 21.3 Å². The van der Waals surface area contributed by atoms with E-state index in [-0.39, 0.29) is 23.3 Å². The third-order valence-electron chi connectivity index (χ3n) is 8.66. The van der Waals surface area contributed by atoms with Gasteiger partial charge >= 0.3 is 0 Å². The summed E-state index contributed by atoms with van der Waals surface area (Å²) >= 11 is 6.33. The Bertz CT molecular complexity index is 1340. The Kier molecular flexibility index (Phi) is 8.50. The number of benzene rings is 2. The van der Waals surface area contributed by atoms with Crippen molar-refractivity contribution in [2.24, 2.45) is 21.4 Å². The van der Waals surface area contributed by atoms with Gasteiger partial charge in [-0.15, -0.1) is 5.10 Å². The molecule has 3 aliphatic rings. The maximum absolute atomic E-state index is 14.3. The second-order valence-corrected chi connectivity index (χ2v) is 12.8. The number of hydrazine groups is 1. The number of rotatable bonds is 8. The number of carbonyl (C=O) groups is 2. The number of hydrogen-bond acceptors (Lipinski definition) is 6. The van der Waals surface area contributed by atoms with Crippen LogP contribution >= 0.6 is 11.6 Å². The number of carbonyl (C=O) groups excluding carboxylic acids is 2. The summed E-state index contributed by atoms with van der Waals surface area (Å²) in [6.07, 6.45) is 5.41. The molecule has 5 N–H and O–H groups in total. The lowest BCUT2D eigenvalue weighted by Gasteiger charge is -2.47. The van der Waals surface area contributed by atoms with Crippen LogP contribution in [0.5, 0.6) is 0 Å². The molecule has 1 aliphatic carbocycles. The summed E-state index contributed by atoms with van der Waals surface area (Å²) in [4.78, 5) is 34.4. The maximum atomic E-state index is 14.3. The number of hydrogen-bond donors (Lipinski definition) is 4. The van der Waals surface area contributed by atoms with Crippen LogP contribution < -0.4 is 21.8 Å². The molecule has 0 bridgehead atoms. The van der Waals surface area contributed by atoms with E-state index in [1.165, 1.54) is 0 Å². The molecule has 41 heavy (non-hydrogen) atoms. The molecule has 2 amide bonds. The summed E-state index contributed by atoms with van der Waals surface area (Å²) in [6, 6.07) is 14.9. The largest absolute Gasteiger partial charge is 0.341 e. The minimum absolute atomic E-state index is 0.0439. The summed E-state index contributed by atoms with van der Waals surface area (Å²) in [5.41, 5.74) is 9.56. The van der Waals surface area contributed by atoms with Crippen molar-refractivity contribution in [3.63, 3.8) is 0 Å². The van der Waals surface area contributed by atoms with E-state index in [2.05, 4.69) is 54.1 Å². The average Bonchev–Trinajstić information content (AvgIpc) is 3.57. The van der Waals surface area contributed by atoms with Crippen molar-refractivity contribution < 1.29 is 15.0 Å². The highest BCUT2D eigenvalue weighted by Gasteiger charge is 2.52. The van der Waals surface area contributed by atoms with Gasteiger partial charge < -0.3 is 10.2 Å². The van der Waals surface area contributed by atoms with Crippen LogP contribution in [0.1, 0.15) is 93.7 Å². The standard InChI is InChI=1S/C31H40ClN7O2/c1-5-7-25(20-10-12-21(13-11-20)28(40)33-19-26-35-37-38-36-26)39-29(41)27(22-8-6-9-24(32)18-22)34-31(39)16-14-23(15-17-31)30(2,3)4/h6,8-13,18,23,25,37-38H,5,7,14-17,19H2,1-4H3,(H,33,40)(H,35,36)/p+1. The minimum atomic E-state index is -0.590. The first-order valence-electron chi connectivity index (χ1n) is 14.6. The van der Waals surface area contributed by atoms with Crippen LogP contribution in [0.4, 0.5) is 0 Å². The van der Waals surface area contributed by atoms with E-state index < -0.39 is 5.66 Å². The van der Waals surface area contributed by atoms with Crippen LogP contribution in [0.3, 0.4) is 0 Å². The van der Waals surface area contributed by atoms with Gasteiger partial charge in [0.15, 0.2) is 0 Å². The molecule has 2 aromatic rings. The monoisotopic (exact) mass is 578 g/mol. The van der Waals surface area contributed by atoms with Crippen LogP contribution in [0.25, 0.3) is 0 Å². The van der Waals surface area contributed by atoms with Gasteiger partial charge in [0.2, 0.25) is 0 Å². The van der Waals surface area contributed by atoms with Crippen molar-refractivity contribution >= 4 is 35.0 Å². The number of nitrogens with zero attached hydrogens (tertiary/aromatic N) is 3. The number of halogens is 1. The van der Waals surface area contributed by atoms with Crippen molar-refractivity contribution in [3.05, 3.63) is 70.2 Å². The molecule has 218 valence electrons. The topological polar surface area (TPSA) is 115 Å². The Balaban J connectivity index is 1.44. The molecule has 0 radical (unpaired) electrons. The smallest absolute Gasteiger partial charge is 0.275 e. The molecule has 5 rings (SSSR count). The van der Waals surface area contributed by atoms with Crippen molar-refractivity contribution in [2.75, 3.05) is 6.54 Å². The Labute approximate surface area is 247 Å². The van der Waals surface area contributed by atoms with Gasteiger partial charge in [-0.3, -0.25) is 14.6 Å². The zero-order valence-corrected chi connectivity index (χ0v) is 25.1. The molecule has 0 aromatic heterocycles. The fourth-order valence-electron chi connectivity index (χ4n) is 6.36. The van der Waals surface area contributed by atoms with Crippen LogP contribution in [0.2, 0.25) is 5.02 Å². The second kappa shape index (κ2) is 11.9. The molecule has 1 atom stereocenters. The van der Waals surface area contributed by atoms with E-state index in [1.807, 2.05) is 48.5 Å². The lowest BCUT2D eigenvalue weighted by molar-refractivity contribution is -0.603. The van der Waals surface area contributed by atoms with Crippen molar-refractivity contribution in [1.29, 1.82) is 0 Å². The summed E-state index contributed by atoms with van der Waals surface area (Å²) < 4.78 is 0. The summed E-state index contributed by atoms with van der Waals surface area (Å²) in [7, 11) is 0. The molecule has 10 heteroatoms. The van der Waals surface area contributed by atoms with Crippen molar-refractivity contribution in [2.45, 2.75) is 77.9 Å². The van der Waals surface area contributed by atoms with E-state index in [9.17, 15) is 9.59 Å². The van der Waals surface area contributed by atoms with Gasteiger partial charge in [-0.1, -0.05) is 75.5 Å². The van der Waals surface area contributed by atoms with Gasteiger partial charge in [0.1, 0.15) is 17.9 Å². The highest BCUT2D eigenvalue weighted by molar-refractivity contribution is 6.47. The summed E-state index contributed by atoms with van der Waals surface area (Å²) in [6.45, 7) is 9.38. The minimum Gasteiger partial charge on any atom is -0.341 e. The Morgan fingerprint density at radius 1 is 1.20 bits per heavy atom. The lowest BCUT2D eigenvalue weighted by Crippen LogP contribution is -2.96. The molecular weight excluding hydrogens is 538 g/mol. The van der Waals surface area contributed by atoms with Gasteiger partial charge in [0, 0.05) is 16.1 Å². The molecular formula is C31H41ClN7O2+. The van der Waals surface area contributed by atoms with Gasteiger partial charge in [-0.25, -0.2) is 5.43 Å². The summed E-state index contributed by atoms with van der Waals surface area (Å²) in [5, 5.41) is 7.51. The van der Waals surface area contributed by atoms with Gasteiger partial charge in [0.05, 0.1) is 6.04 Å². The first-order valence-corrected chi connectivity index (χ1v) is 15.0. The van der Waals surface area contributed by atoms with Gasteiger partial charge in [-0.2, -0.15) is 5.53 Å². The number of aliphatic imine (C=N–C) groups is 1. The molecule has 1 spiro atoms. The van der Waals surface area contributed by atoms with E-state index in [0.29, 0.717) is 34.6 Å². The average molecular weight is 579 g/mol. The maximum Gasteiger partial charge on any atom is 0.275 e. The molecule has 2 heterocycles. The number of hydrazone groups is 1. The predicted molar refractivity (Wildman–Crippen MR) is 161 cm³/mol. The SMILES string of the molecule is CCCC(c1ccc(C(=O)NCC2=NNN[NH2+]2)cc1)N1C(=O)C(c2cccc(Cl)c2)=NC12CCC(C(C)(C)C)CC2. The number of nitrogens with two attached hydrogens (primary N) is 1. The normalized spacial score (nSPS) is 23.3. The number of quaternary nitrogens is 1. The zero-order valence-electron chi connectivity index (χ0n) is 24.3. The highest BCUT2D eigenvalue weighted by atomic mass is 35.5. The molecule has 1 fully saturated rings. The second-order valence-electron chi connectivity index (χ2n) is 12.4. The van der Waals surface area contributed by atoms with Crippen LogP contribution in [-0.2, 0) is 4.79 Å². The lowest BCUT2D eigenvalue weighted by atomic mass is 9.69. The van der Waals surface area contributed by atoms with Crippen LogP contribution in [0, 0.1) is 11.3 Å². The first kappa shape index (κ1) is 29.2. The quantitative estimate of drug-likeness (QED) is 0.353. The summed E-state index contributed by atoms with van der Waals surface area (Å²) in [5.74, 6) is 1.08. The van der Waals surface area contributed by atoms with Crippen LogP contribution in [-0.4, -0.2) is 40.5 Å². The molecule has 0 saturated heterocycles. The number of nitrogens with one attached hydrogen (secondary N) is 3. The molecule has 2 aliphatic heterocycles. The Morgan fingerprint density at radius 3 is 2.54 bits per heavy atom. The zero-order chi connectivity index (χ0) is 29.2. The highest BCUT2D eigenvalue weighted by Crippen LogP contribution is 2.49. The first-order chi connectivity index (χ1) is 19.6. The van der Waals surface area contributed by atoms with E-state index >= 15 is 0 Å². The van der Waals surface area contributed by atoms with Gasteiger partial charge in [0.25, 0.3) is 17.6 Å². The van der Waals surface area contributed by atoms with Crippen LogP contribution in [0.15, 0.2) is 58.6 Å². The van der Waals surface area contributed by atoms with Crippen molar-refractivity contribution in [3.8, 4) is 0 Å². The van der Waals surface area contributed by atoms with E-state index in [4.69, 9.17) is 16.6 Å². The Morgan fingerprint density at radius 2 is 1.93 bits per heavy atom. The van der Waals surface area contributed by atoms with E-state index in [0.717, 1.165) is 49.7 Å². The molecule has 9 nitrogen and oxygen atoms in total. The number of amidine groups is 1. The van der Waals surface area contributed by atoms with Gasteiger partial charge in [-0.05, 0) is 73.3 Å². The number of amides is 2. The molecule has 1 saturated carbocycles.